The summed E-state index contributed by atoms with van der Waals surface area (Å²) in [5.41, 5.74) is 1.09. The van der Waals surface area contributed by atoms with Crippen LogP contribution >= 0.6 is 0 Å². The number of carbonyl (C=O) groups excluding carboxylic acids is 2. The van der Waals surface area contributed by atoms with E-state index in [0.717, 1.165) is 25.7 Å². The number of nitrogens with zero attached hydrogens (tertiary/aromatic N) is 2. The highest BCUT2D eigenvalue weighted by Crippen LogP contribution is 2.23. The molecule has 3 amide bonds. The number of amides is 3. The first-order chi connectivity index (χ1) is 12.0. The zero-order valence-corrected chi connectivity index (χ0v) is 14.9. The molecule has 1 fully saturated rings. The quantitative estimate of drug-likeness (QED) is 0.806. The predicted octanol–water partition coefficient (Wildman–Crippen LogP) is 3.11. The van der Waals surface area contributed by atoms with Gasteiger partial charge in [-0.2, -0.15) is 5.26 Å². The van der Waals surface area contributed by atoms with Gasteiger partial charge in [0.2, 0.25) is 5.91 Å². The zero-order valence-electron chi connectivity index (χ0n) is 14.9. The summed E-state index contributed by atoms with van der Waals surface area (Å²) in [4.78, 5) is 26.6. The van der Waals surface area contributed by atoms with E-state index in [1.54, 1.807) is 29.2 Å². The summed E-state index contributed by atoms with van der Waals surface area (Å²) in [5.74, 6) is -0.131. The molecule has 0 bridgehead atoms. The average Bonchev–Trinajstić information content (AvgIpc) is 2.62. The summed E-state index contributed by atoms with van der Waals surface area (Å²) in [6.45, 7) is 5.19. The van der Waals surface area contributed by atoms with Crippen molar-refractivity contribution >= 4 is 17.6 Å². The van der Waals surface area contributed by atoms with E-state index in [9.17, 15) is 9.59 Å². The summed E-state index contributed by atoms with van der Waals surface area (Å²) < 4.78 is 0. The Bertz CT molecular complexity index is 653. The fraction of sp³-hybridized carbons (Fsp3) is 0.526. The molecule has 6 nitrogen and oxygen atoms in total. The fourth-order valence-electron chi connectivity index (χ4n) is 3.00. The molecule has 1 aromatic rings. The van der Waals surface area contributed by atoms with Crippen LogP contribution in [0.5, 0.6) is 0 Å². The van der Waals surface area contributed by atoms with Crippen LogP contribution in [0.1, 0.15) is 45.1 Å². The molecule has 0 radical (unpaired) electrons. The second-order valence-corrected chi connectivity index (χ2v) is 6.54. The SMILES string of the molecule is CCCCNC(=O)[C@H]1CC[C@H](C)N(C(=O)Nc2cccc(C#N)c2)C1. The third kappa shape index (κ3) is 5.21. The van der Waals surface area contributed by atoms with Gasteiger partial charge in [-0.15, -0.1) is 0 Å². The van der Waals surface area contributed by atoms with Crippen molar-refractivity contribution in [2.24, 2.45) is 5.92 Å². The lowest BCUT2D eigenvalue weighted by Crippen LogP contribution is -2.50. The van der Waals surface area contributed by atoms with Crippen molar-refractivity contribution in [2.45, 2.75) is 45.6 Å². The van der Waals surface area contributed by atoms with Crippen molar-refractivity contribution in [2.75, 3.05) is 18.4 Å². The molecule has 0 saturated carbocycles. The number of urea groups is 1. The maximum absolute atomic E-state index is 12.6. The Balaban J connectivity index is 1.97. The Labute approximate surface area is 149 Å². The number of rotatable bonds is 5. The minimum atomic E-state index is -0.228. The highest BCUT2D eigenvalue weighted by atomic mass is 16.2. The van der Waals surface area contributed by atoms with E-state index in [2.05, 4.69) is 23.6 Å². The molecular formula is C19H26N4O2. The van der Waals surface area contributed by atoms with Gasteiger partial charge < -0.3 is 15.5 Å². The zero-order chi connectivity index (χ0) is 18.2. The number of hydrogen-bond donors (Lipinski definition) is 2. The number of carbonyl (C=O) groups is 2. The molecule has 6 heteroatoms. The number of piperidine rings is 1. The second kappa shape index (κ2) is 9.07. The summed E-state index contributed by atoms with van der Waals surface area (Å²) in [7, 11) is 0. The monoisotopic (exact) mass is 342 g/mol. The summed E-state index contributed by atoms with van der Waals surface area (Å²) in [6.07, 6.45) is 3.61. The molecule has 1 aliphatic rings. The highest BCUT2D eigenvalue weighted by molar-refractivity contribution is 5.90. The lowest BCUT2D eigenvalue weighted by Gasteiger charge is -2.37. The Morgan fingerprint density at radius 3 is 2.88 bits per heavy atom. The third-order valence-electron chi connectivity index (χ3n) is 4.59. The van der Waals surface area contributed by atoms with E-state index >= 15 is 0 Å². The Morgan fingerprint density at radius 2 is 2.16 bits per heavy atom. The standard InChI is InChI=1S/C19H26N4O2/c1-3-4-10-21-18(24)16-9-8-14(2)23(13-16)19(25)22-17-7-5-6-15(11-17)12-20/h5-7,11,14,16H,3-4,8-10,13H2,1-2H3,(H,21,24)(H,22,25)/t14-,16-/m0/s1. The Morgan fingerprint density at radius 1 is 1.36 bits per heavy atom. The minimum absolute atomic E-state index is 0.0321. The molecule has 1 aromatic carbocycles. The van der Waals surface area contributed by atoms with Crippen molar-refractivity contribution in [1.82, 2.24) is 10.2 Å². The van der Waals surface area contributed by atoms with Gasteiger partial charge in [-0.3, -0.25) is 4.79 Å². The van der Waals surface area contributed by atoms with Crippen LogP contribution in [0, 0.1) is 17.2 Å². The van der Waals surface area contributed by atoms with Crippen molar-refractivity contribution in [3.05, 3.63) is 29.8 Å². The highest BCUT2D eigenvalue weighted by Gasteiger charge is 2.32. The van der Waals surface area contributed by atoms with Crippen molar-refractivity contribution in [3.8, 4) is 6.07 Å². The molecule has 25 heavy (non-hydrogen) atoms. The summed E-state index contributed by atoms with van der Waals surface area (Å²) in [5, 5.41) is 14.7. The van der Waals surface area contributed by atoms with Crippen LogP contribution < -0.4 is 10.6 Å². The van der Waals surface area contributed by atoms with Gasteiger partial charge in [0.05, 0.1) is 17.6 Å². The number of benzene rings is 1. The molecule has 0 spiro atoms. The predicted molar refractivity (Wildman–Crippen MR) is 97.0 cm³/mol. The molecule has 0 aromatic heterocycles. The fourth-order valence-corrected chi connectivity index (χ4v) is 3.00. The molecule has 1 heterocycles. The number of unbranched alkanes of at least 4 members (excludes halogenated alkanes) is 1. The van der Waals surface area contributed by atoms with Gasteiger partial charge in [-0.1, -0.05) is 19.4 Å². The van der Waals surface area contributed by atoms with E-state index < -0.39 is 0 Å². The van der Waals surface area contributed by atoms with Crippen LogP contribution in [0.15, 0.2) is 24.3 Å². The van der Waals surface area contributed by atoms with Gasteiger partial charge in [0.1, 0.15) is 0 Å². The molecule has 2 atom stereocenters. The van der Waals surface area contributed by atoms with Gasteiger partial charge in [0.15, 0.2) is 0 Å². The molecular weight excluding hydrogens is 316 g/mol. The summed E-state index contributed by atoms with van der Waals surface area (Å²) >= 11 is 0. The molecule has 1 aliphatic heterocycles. The van der Waals surface area contributed by atoms with Crippen LogP contribution in [0.3, 0.4) is 0 Å². The molecule has 2 N–H and O–H groups in total. The average molecular weight is 342 g/mol. The first-order valence-corrected chi connectivity index (χ1v) is 8.90. The number of likely N-dealkylation sites (tertiary alicyclic amines) is 1. The van der Waals surface area contributed by atoms with Crippen molar-refractivity contribution in [1.29, 1.82) is 5.26 Å². The van der Waals surface area contributed by atoms with E-state index in [1.807, 2.05) is 6.92 Å². The van der Waals surface area contributed by atoms with Gasteiger partial charge in [0.25, 0.3) is 0 Å². The first-order valence-electron chi connectivity index (χ1n) is 8.90. The lowest BCUT2D eigenvalue weighted by molar-refractivity contribution is -0.126. The maximum atomic E-state index is 12.6. The van der Waals surface area contributed by atoms with Crippen LogP contribution in [-0.4, -0.2) is 36.0 Å². The second-order valence-electron chi connectivity index (χ2n) is 6.54. The molecule has 134 valence electrons. The normalized spacial score (nSPS) is 19.8. The molecule has 0 unspecified atom stereocenters. The topological polar surface area (TPSA) is 85.2 Å². The van der Waals surface area contributed by atoms with E-state index in [4.69, 9.17) is 5.26 Å². The lowest BCUT2D eigenvalue weighted by atomic mass is 9.93. The van der Waals surface area contributed by atoms with E-state index in [-0.39, 0.29) is 23.9 Å². The number of nitrogens with one attached hydrogen (secondary N) is 2. The Hall–Kier alpha value is -2.55. The summed E-state index contributed by atoms with van der Waals surface area (Å²) in [6, 6.07) is 8.73. The van der Waals surface area contributed by atoms with Crippen LogP contribution in [0.4, 0.5) is 10.5 Å². The molecule has 2 rings (SSSR count). The van der Waals surface area contributed by atoms with Crippen LogP contribution in [0.25, 0.3) is 0 Å². The molecule has 0 aliphatic carbocycles. The maximum Gasteiger partial charge on any atom is 0.322 e. The van der Waals surface area contributed by atoms with Crippen LogP contribution in [-0.2, 0) is 4.79 Å². The third-order valence-corrected chi connectivity index (χ3v) is 4.59. The number of nitriles is 1. The first kappa shape index (κ1) is 18.8. The Kier molecular flexibility index (Phi) is 6.81. The van der Waals surface area contributed by atoms with Gasteiger partial charge in [-0.05, 0) is 44.4 Å². The van der Waals surface area contributed by atoms with E-state index in [1.165, 1.54) is 0 Å². The van der Waals surface area contributed by atoms with Gasteiger partial charge in [-0.25, -0.2) is 4.79 Å². The molecule has 1 saturated heterocycles. The van der Waals surface area contributed by atoms with E-state index in [0.29, 0.717) is 24.3 Å². The van der Waals surface area contributed by atoms with Gasteiger partial charge in [0, 0.05) is 24.8 Å². The largest absolute Gasteiger partial charge is 0.356 e. The smallest absolute Gasteiger partial charge is 0.322 e. The van der Waals surface area contributed by atoms with Crippen molar-refractivity contribution < 1.29 is 9.59 Å². The van der Waals surface area contributed by atoms with Crippen molar-refractivity contribution in [3.63, 3.8) is 0 Å². The van der Waals surface area contributed by atoms with Crippen LogP contribution in [0.2, 0.25) is 0 Å². The van der Waals surface area contributed by atoms with Gasteiger partial charge >= 0.3 is 6.03 Å². The number of hydrogen-bond acceptors (Lipinski definition) is 3. The number of anilines is 1. The minimum Gasteiger partial charge on any atom is -0.356 e.